The van der Waals surface area contributed by atoms with Crippen LogP contribution < -0.4 is 10.6 Å². The van der Waals surface area contributed by atoms with E-state index < -0.39 is 61.3 Å². The Balaban J connectivity index is 2.18. The molecule has 0 spiro atoms. The second-order valence-corrected chi connectivity index (χ2v) is 12.4. The third-order valence-electron chi connectivity index (χ3n) is 8.80. The van der Waals surface area contributed by atoms with Crippen molar-refractivity contribution in [3.8, 4) is 0 Å². The van der Waals surface area contributed by atoms with Crippen LogP contribution in [-0.2, 0) is 31.2 Å². The van der Waals surface area contributed by atoms with Crippen molar-refractivity contribution in [1.82, 2.24) is 15.1 Å². The first-order chi connectivity index (χ1) is 22.4. The van der Waals surface area contributed by atoms with Gasteiger partial charge in [-0.25, -0.2) is 4.39 Å². The van der Waals surface area contributed by atoms with Gasteiger partial charge in [-0.1, -0.05) is 28.6 Å². The minimum atomic E-state index is -3.32. The van der Waals surface area contributed by atoms with Gasteiger partial charge >= 0.3 is 0 Å². The number of nitrogens with one attached hydrogen (secondary N) is 2. The third-order valence-corrected chi connectivity index (χ3v) is 8.80. The summed E-state index contributed by atoms with van der Waals surface area (Å²) in [4.78, 5) is 39.5. The van der Waals surface area contributed by atoms with Gasteiger partial charge in [0.25, 0.3) is 5.91 Å². The van der Waals surface area contributed by atoms with E-state index in [0.29, 0.717) is 4.90 Å². The zero-order chi connectivity index (χ0) is 37.5. The number of carbonyl (C=O) groups excluding carboxylic acids is 3. The Hall–Kier alpha value is -2.74. The lowest BCUT2D eigenvalue weighted by Crippen LogP contribution is -2.72. The van der Waals surface area contributed by atoms with Crippen LogP contribution in [0.15, 0.2) is 36.4 Å². The van der Waals surface area contributed by atoms with Crippen molar-refractivity contribution >= 4 is 86.9 Å². The Morgan fingerprint density at radius 3 is 2.08 bits per heavy atom. The van der Waals surface area contributed by atoms with Gasteiger partial charge < -0.3 is 40.4 Å². The predicted molar refractivity (Wildman–Crippen MR) is 187 cm³/mol. The van der Waals surface area contributed by atoms with E-state index in [0.717, 1.165) is 32.3 Å². The third kappa shape index (κ3) is 7.23. The first-order valence-electron chi connectivity index (χ1n) is 14.8. The summed E-state index contributed by atoms with van der Waals surface area (Å²) in [6, 6.07) is 6.65. The van der Waals surface area contributed by atoms with E-state index in [1.807, 2.05) is 0 Å². The number of aldehydes is 2. The van der Waals surface area contributed by atoms with Crippen molar-refractivity contribution in [2.75, 3.05) is 32.5 Å². The summed E-state index contributed by atoms with van der Waals surface area (Å²) in [6.45, 7) is 3.95. The molecule has 2 aromatic carbocycles. The number of carbonyl (C=O) groups is 3. The van der Waals surface area contributed by atoms with Gasteiger partial charge in [0.15, 0.2) is 0 Å². The lowest BCUT2D eigenvalue weighted by Gasteiger charge is -2.61. The van der Waals surface area contributed by atoms with Crippen molar-refractivity contribution in [1.29, 1.82) is 0 Å². The summed E-state index contributed by atoms with van der Waals surface area (Å²) >= 11 is 0. The van der Waals surface area contributed by atoms with Crippen LogP contribution in [-0.4, -0.2) is 151 Å². The minimum Gasteiger partial charge on any atom is -0.381 e. The van der Waals surface area contributed by atoms with Gasteiger partial charge in [0.05, 0.1) is 70.5 Å². The molecule has 11 nitrogen and oxygen atoms in total. The number of aliphatic hydroxyl groups is 3. The molecule has 240 valence electrons. The number of hydrogen-bond acceptors (Lipinski definition) is 10. The predicted octanol–water partition coefficient (Wildman–Crippen LogP) is -2.68. The Kier molecular flexibility index (Phi) is 11.7. The van der Waals surface area contributed by atoms with E-state index >= 15 is 4.39 Å². The summed E-state index contributed by atoms with van der Waals surface area (Å²) < 4.78 is 21.0. The molecule has 16 radical (unpaired) electrons. The Bertz CT molecular complexity index is 1580. The molecule has 49 heavy (non-hydrogen) atoms. The lowest BCUT2D eigenvalue weighted by atomic mass is 9.22. The van der Waals surface area contributed by atoms with E-state index in [1.54, 1.807) is 13.8 Å². The molecular formula is C29H31B8FN4O7. The highest BCUT2D eigenvalue weighted by Gasteiger charge is 2.57. The Morgan fingerprint density at radius 2 is 1.57 bits per heavy atom. The van der Waals surface area contributed by atoms with Crippen molar-refractivity contribution < 1.29 is 38.8 Å². The zero-order valence-electron chi connectivity index (χ0n) is 27.6. The fourth-order valence-corrected chi connectivity index (χ4v) is 5.83. The van der Waals surface area contributed by atoms with Gasteiger partial charge in [0.2, 0.25) is 5.91 Å². The van der Waals surface area contributed by atoms with E-state index in [-0.39, 0.29) is 49.0 Å². The number of nitrogens with zero attached hydrogens (tertiary/aromatic N) is 2. The second kappa shape index (κ2) is 14.1. The summed E-state index contributed by atoms with van der Waals surface area (Å²) in [7, 11) is 52.0. The average Bonchev–Trinajstić information content (AvgIpc) is 3.02. The number of rotatable bonds is 13. The number of ether oxygens (including phenoxy) is 1. The molecule has 1 aliphatic heterocycles. The quantitative estimate of drug-likeness (QED) is 0.0880. The first kappa shape index (κ1) is 40.7. The molecule has 1 fully saturated rings. The van der Waals surface area contributed by atoms with E-state index in [9.17, 15) is 29.7 Å². The molecule has 1 saturated heterocycles. The molecule has 0 saturated carbocycles. The van der Waals surface area contributed by atoms with Crippen molar-refractivity contribution in [2.24, 2.45) is 0 Å². The molecule has 4 unspecified atom stereocenters. The molecular weight excluding hydrogens is 622 g/mol. The first-order valence-corrected chi connectivity index (χ1v) is 14.8. The number of likely N-dealkylation sites (N-methyl/N-ethyl adjacent to an activating group) is 2. The van der Waals surface area contributed by atoms with E-state index in [4.69, 9.17) is 67.5 Å². The molecule has 3 rings (SSSR count). The average molecular weight is 653 g/mol. The SMILES string of the molecule is [B]C([B])(c1c(C=O)cccc1NC(O)(O)c1cc(C([B])(O)N2CC(C)OC(C)C2)ccc1F)N(C)C([B])(C(=O)NC)C([B])([B])C([B])([B])C=O. The van der Waals surface area contributed by atoms with E-state index in [2.05, 4.69) is 10.6 Å². The molecule has 0 aliphatic carbocycles. The lowest BCUT2D eigenvalue weighted by molar-refractivity contribution is -0.148. The smallest absolute Gasteiger partial charge is 0.275 e. The molecule has 1 aliphatic rings. The maximum absolute atomic E-state index is 15.3. The van der Waals surface area contributed by atoms with Gasteiger partial charge in [-0.3, -0.25) is 14.5 Å². The number of amides is 1. The van der Waals surface area contributed by atoms with Crippen LogP contribution in [0, 0.1) is 5.82 Å². The summed E-state index contributed by atoms with van der Waals surface area (Å²) in [5, 5.41) is 30.3. The molecule has 1 amide bonds. The van der Waals surface area contributed by atoms with Gasteiger partial charge in [0, 0.05) is 36.8 Å². The molecule has 0 aromatic heterocycles. The van der Waals surface area contributed by atoms with Crippen LogP contribution in [0.25, 0.3) is 0 Å². The molecule has 4 atom stereocenters. The van der Waals surface area contributed by atoms with Crippen molar-refractivity contribution in [3.05, 3.63) is 64.5 Å². The topological polar surface area (TPSA) is 152 Å². The summed E-state index contributed by atoms with van der Waals surface area (Å²) in [5.41, 5.74) is -7.12. The fraction of sp³-hybridized carbons (Fsp3) is 0.483. The summed E-state index contributed by atoms with van der Waals surface area (Å²) in [6.07, 6.45) is -0.386. The van der Waals surface area contributed by atoms with Gasteiger partial charge in [-0.05, 0) is 55.6 Å². The van der Waals surface area contributed by atoms with E-state index in [1.165, 1.54) is 23.1 Å². The van der Waals surface area contributed by atoms with Gasteiger partial charge in [-0.2, -0.15) is 0 Å². The number of anilines is 1. The fourth-order valence-electron chi connectivity index (χ4n) is 5.83. The van der Waals surface area contributed by atoms with Crippen LogP contribution in [0.1, 0.15) is 40.9 Å². The molecule has 5 N–H and O–H groups in total. The molecule has 1 heterocycles. The number of benzene rings is 2. The number of morpholine rings is 1. The van der Waals surface area contributed by atoms with Crippen LogP contribution in [0.4, 0.5) is 10.1 Å². The standard InChI is InChI=1S/C29H31B8FN4O7/c1-15-11-42(12-16(2)49-15)27(35,46)18-8-9-20(38)19(10-18)28(47,48)40-21-7-5-6-17(13-43)22(21)26(33,34)41(4)25(32,23(45)39-3)29(36,37)24(30,31)14-44/h5-10,13-16,40,46-48H,11-12H2,1-4H3,(H,39,45). The Morgan fingerprint density at radius 1 is 1.00 bits per heavy atom. The highest BCUT2D eigenvalue weighted by atomic mass is 19.1. The number of halogens is 1. The highest BCUT2D eigenvalue weighted by molar-refractivity contribution is 6.63. The maximum Gasteiger partial charge on any atom is 0.275 e. The Labute approximate surface area is 296 Å². The number of hydrogen-bond donors (Lipinski definition) is 5. The van der Waals surface area contributed by atoms with Gasteiger partial charge in [-0.15, -0.1) is 0 Å². The summed E-state index contributed by atoms with van der Waals surface area (Å²) in [5.74, 6) is -5.65. The van der Waals surface area contributed by atoms with Crippen molar-refractivity contribution in [2.45, 2.75) is 58.8 Å². The largest absolute Gasteiger partial charge is 0.381 e. The molecule has 2 aromatic rings. The maximum atomic E-state index is 15.3. The van der Waals surface area contributed by atoms with Crippen molar-refractivity contribution in [3.63, 3.8) is 0 Å². The monoisotopic (exact) mass is 654 g/mol. The highest BCUT2D eigenvalue weighted by Crippen LogP contribution is 2.52. The normalized spacial score (nSPS) is 20.5. The molecule has 20 heteroatoms. The van der Waals surface area contributed by atoms with Crippen LogP contribution >= 0.6 is 0 Å². The zero-order valence-corrected chi connectivity index (χ0v) is 27.6. The van der Waals surface area contributed by atoms with Crippen LogP contribution in [0.3, 0.4) is 0 Å². The minimum absolute atomic E-state index is 0.0520. The van der Waals surface area contributed by atoms with Crippen LogP contribution in [0.2, 0.25) is 10.4 Å². The molecule has 0 bridgehead atoms. The van der Waals surface area contributed by atoms with Gasteiger partial charge in [0.1, 0.15) is 34.1 Å². The van der Waals surface area contributed by atoms with Crippen LogP contribution in [0.5, 0.6) is 0 Å². The second-order valence-electron chi connectivity index (χ2n) is 12.4.